The van der Waals surface area contributed by atoms with Gasteiger partial charge in [0, 0.05) is 23.7 Å². The minimum absolute atomic E-state index is 0.00646. The van der Waals surface area contributed by atoms with Gasteiger partial charge >= 0.3 is 0 Å². The lowest BCUT2D eigenvalue weighted by molar-refractivity contribution is 0.0941. The van der Waals surface area contributed by atoms with Gasteiger partial charge in [0.2, 0.25) is 0 Å². The molecule has 1 aromatic heterocycles. The Hall–Kier alpha value is -2.29. The molecule has 1 aliphatic heterocycles. The summed E-state index contributed by atoms with van der Waals surface area (Å²) in [5.41, 5.74) is 1.20. The van der Waals surface area contributed by atoms with Crippen LogP contribution in [-0.4, -0.2) is 52.1 Å². The first-order chi connectivity index (χ1) is 11.0. The smallest absolute Gasteiger partial charge is 0.251 e. The molecule has 1 saturated heterocycles. The number of carbonyl (C=O) groups is 1. The normalized spacial score (nSPS) is 19.6. The van der Waals surface area contributed by atoms with Crippen molar-refractivity contribution in [3.8, 4) is 11.4 Å². The van der Waals surface area contributed by atoms with Crippen LogP contribution in [0.2, 0.25) is 0 Å². The van der Waals surface area contributed by atoms with E-state index in [4.69, 9.17) is 0 Å². The number of aromatic nitrogens is 4. The van der Waals surface area contributed by atoms with Gasteiger partial charge in [-0.15, -0.1) is 5.10 Å². The van der Waals surface area contributed by atoms with Crippen LogP contribution < -0.4 is 5.32 Å². The van der Waals surface area contributed by atoms with E-state index in [0.717, 1.165) is 5.56 Å². The molecule has 0 radical (unpaired) electrons. The Morgan fingerprint density at radius 1 is 1.43 bits per heavy atom. The highest BCUT2D eigenvalue weighted by Gasteiger charge is 2.29. The lowest BCUT2D eigenvalue weighted by Gasteiger charge is -2.11. The largest absolute Gasteiger partial charge is 0.348 e. The molecule has 0 spiro atoms. The monoisotopic (exact) mass is 335 g/mol. The molecule has 1 fully saturated rings. The summed E-state index contributed by atoms with van der Waals surface area (Å²) in [6, 6.07) is 6.65. The molecule has 0 saturated carbocycles. The van der Waals surface area contributed by atoms with E-state index in [1.54, 1.807) is 22.9 Å². The Balaban J connectivity index is 1.78. The number of aryl methyl sites for hydroxylation is 1. The van der Waals surface area contributed by atoms with Gasteiger partial charge in [0.15, 0.2) is 15.7 Å². The SMILES string of the molecule is CCn1nnnc1-c1cccc(C(=O)NC2CCS(=O)(=O)C2)c1. The molecule has 0 aliphatic carbocycles. The van der Waals surface area contributed by atoms with Gasteiger partial charge in [-0.3, -0.25) is 4.79 Å². The molecule has 3 rings (SSSR count). The number of nitrogens with one attached hydrogen (secondary N) is 1. The lowest BCUT2D eigenvalue weighted by Crippen LogP contribution is -2.35. The fourth-order valence-corrected chi connectivity index (χ4v) is 4.27. The number of tetrazole rings is 1. The van der Waals surface area contributed by atoms with Gasteiger partial charge in [0.25, 0.3) is 5.91 Å². The second-order valence-electron chi connectivity index (χ2n) is 5.47. The molecule has 2 aromatic rings. The molecule has 1 unspecified atom stereocenters. The number of carbonyl (C=O) groups excluding carboxylic acids is 1. The first kappa shape index (κ1) is 15.6. The van der Waals surface area contributed by atoms with E-state index in [0.29, 0.717) is 24.4 Å². The van der Waals surface area contributed by atoms with E-state index in [9.17, 15) is 13.2 Å². The molecule has 23 heavy (non-hydrogen) atoms. The Morgan fingerprint density at radius 3 is 2.96 bits per heavy atom. The zero-order chi connectivity index (χ0) is 16.4. The van der Waals surface area contributed by atoms with E-state index in [1.807, 2.05) is 13.0 Å². The third-order valence-corrected chi connectivity index (χ3v) is 5.55. The van der Waals surface area contributed by atoms with Gasteiger partial charge in [-0.25, -0.2) is 13.1 Å². The predicted molar refractivity (Wildman–Crippen MR) is 83.5 cm³/mol. The zero-order valence-corrected chi connectivity index (χ0v) is 13.5. The third kappa shape index (κ3) is 3.39. The summed E-state index contributed by atoms with van der Waals surface area (Å²) < 4.78 is 24.6. The van der Waals surface area contributed by atoms with Crippen molar-refractivity contribution >= 4 is 15.7 Å². The van der Waals surface area contributed by atoms with Crippen LogP contribution in [0.5, 0.6) is 0 Å². The highest BCUT2D eigenvalue weighted by atomic mass is 32.2. The first-order valence-electron chi connectivity index (χ1n) is 7.36. The van der Waals surface area contributed by atoms with Gasteiger partial charge in [-0.2, -0.15) is 0 Å². The molecule has 1 amide bonds. The van der Waals surface area contributed by atoms with Crippen molar-refractivity contribution in [3.63, 3.8) is 0 Å². The molecule has 1 N–H and O–H groups in total. The van der Waals surface area contributed by atoms with Crippen molar-refractivity contribution in [1.29, 1.82) is 0 Å². The summed E-state index contributed by atoms with van der Waals surface area (Å²) in [4.78, 5) is 12.3. The fraction of sp³-hybridized carbons (Fsp3) is 0.429. The molecule has 0 bridgehead atoms. The van der Waals surface area contributed by atoms with Crippen LogP contribution in [0.25, 0.3) is 11.4 Å². The highest BCUT2D eigenvalue weighted by Crippen LogP contribution is 2.18. The molecule has 8 nitrogen and oxygen atoms in total. The average molecular weight is 335 g/mol. The van der Waals surface area contributed by atoms with Crippen molar-refractivity contribution < 1.29 is 13.2 Å². The van der Waals surface area contributed by atoms with Gasteiger partial charge in [0.05, 0.1) is 11.5 Å². The quantitative estimate of drug-likeness (QED) is 0.860. The molecule has 9 heteroatoms. The number of benzene rings is 1. The summed E-state index contributed by atoms with van der Waals surface area (Å²) in [5, 5.41) is 14.3. The summed E-state index contributed by atoms with van der Waals surface area (Å²) >= 11 is 0. The van der Waals surface area contributed by atoms with E-state index in [1.165, 1.54) is 0 Å². The third-order valence-electron chi connectivity index (χ3n) is 3.78. The molecule has 1 aliphatic rings. The van der Waals surface area contributed by atoms with Crippen LogP contribution in [0, 0.1) is 0 Å². The Labute approximate surface area is 133 Å². The minimum Gasteiger partial charge on any atom is -0.348 e. The highest BCUT2D eigenvalue weighted by molar-refractivity contribution is 7.91. The second-order valence-corrected chi connectivity index (χ2v) is 7.70. The standard InChI is InChI=1S/C14H17N5O3S/c1-2-19-13(16-17-18-19)10-4-3-5-11(8-10)14(20)15-12-6-7-23(21,22)9-12/h3-5,8,12H,2,6-7,9H2,1H3,(H,15,20). The van der Waals surface area contributed by atoms with Crippen LogP contribution in [0.4, 0.5) is 0 Å². The molecular weight excluding hydrogens is 318 g/mol. The predicted octanol–water partition coefficient (Wildman–Crippen LogP) is 0.277. The summed E-state index contributed by atoms with van der Waals surface area (Å²) in [7, 11) is -3.02. The van der Waals surface area contributed by atoms with Crippen molar-refractivity contribution in [1.82, 2.24) is 25.5 Å². The van der Waals surface area contributed by atoms with Gasteiger partial charge in [-0.05, 0) is 35.9 Å². The Bertz CT molecular complexity index is 830. The number of rotatable bonds is 4. The average Bonchev–Trinajstić information content (AvgIpc) is 3.13. The maximum absolute atomic E-state index is 12.3. The van der Waals surface area contributed by atoms with E-state index >= 15 is 0 Å². The van der Waals surface area contributed by atoms with Crippen LogP contribution in [-0.2, 0) is 16.4 Å². The molecular formula is C14H17N5O3S. The van der Waals surface area contributed by atoms with Crippen molar-refractivity contribution in [2.24, 2.45) is 0 Å². The van der Waals surface area contributed by atoms with Gasteiger partial charge in [-0.1, -0.05) is 12.1 Å². The molecule has 122 valence electrons. The summed E-state index contributed by atoms with van der Waals surface area (Å²) in [5.74, 6) is 0.436. The van der Waals surface area contributed by atoms with Crippen molar-refractivity contribution in [3.05, 3.63) is 29.8 Å². The van der Waals surface area contributed by atoms with E-state index in [-0.39, 0.29) is 23.5 Å². The maximum atomic E-state index is 12.3. The van der Waals surface area contributed by atoms with Crippen molar-refractivity contribution in [2.75, 3.05) is 11.5 Å². The zero-order valence-electron chi connectivity index (χ0n) is 12.6. The van der Waals surface area contributed by atoms with Crippen LogP contribution >= 0.6 is 0 Å². The molecule has 1 aromatic carbocycles. The number of sulfone groups is 1. The number of amides is 1. The number of hydrogen-bond donors (Lipinski definition) is 1. The second kappa shape index (κ2) is 6.07. The summed E-state index contributed by atoms with van der Waals surface area (Å²) in [6.07, 6.45) is 0.460. The lowest BCUT2D eigenvalue weighted by atomic mass is 10.1. The number of hydrogen-bond acceptors (Lipinski definition) is 6. The fourth-order valence-electron chi connectivity index (χ4n) is 2.60. The van der Waals surface area contributed by atoms with E-state index in [2.05, 4.69) is 20.8 Å². The van der Waals surface area contributed by atoms with Gasteiger partial charge < -0.3 is 5.32 Å². The van der Waals surface area contributed by atoms with Crippen LogP contribution in [0.3, 0.4) is 0 Å². The van der Waals surface area contributed by atoms with Crippen molar-refractivity contribution in [2.45, 2.75) is 25.9 Å². The summed E-state index contributed by atoms with van der Waals surface area (Å²) in [6.45, 7) is 2.55. The molecule has 2 heterocycles. The van der Waals surface area contributed by atoms with Gasteiger partial charge in [0.1, 0.15) is 0 Å². The topological polar surface area (TPSA) is 107 Å². The molecule has 1 atom stereocenters. The first-order valence-corrected chi connectivity index (χ1v) is 9.18. The minimum atomic E-state index is -3.02. The van der Waals surface area contributed by atoms with Crippen LogP contribution in [0.1, 0.15) is 23.7 Å². The Kier molecular flexibility index (Phi) is 4.12. The maximum Gasteiger partial charge on any atom is 0.251 e. The number of nitrogens with zero attached hydrogens (tertiary/aromatic N) is 4. The van der Waals surface area contributed by atoms with Crippen LogP contribution in [0.15, 0.2) is 24.3 Å². The van der Waals surface area contributed by atoms with E-state index < -0.39 is 9.84 Å². The Morgan fingerprint density at radius 2 is 2.26 bits per heavy atom.